The smallest absolute Gasteiger partial charge is 0.261 e. The first-order chi connectivity index (χ1) is 15.2. The maximum absolute atomic E-state index is 12.7. The molecule has 0 aliphatic rings. The second-order valence-corrected chi connectivity index (χ2v) is 9.16. The summed E-state index contributed by atoms with van der Waals surface area (Å²) in [5.74, 6) is -0.926. The van der Waals surface area contributed by atoms with Crippen LogP contribution in [0, 0.1) is 20.8 Å². The fraction of sp³-hybridized carbons (Fsp3) is 0.167. The Bertz CT molecular complexity index is 1250. The van der Waals surface area contributed by atoms with Gasteiger partial charge in [-0.2, -0.15) is 0 Å². The molecule has 0 saturated carbocycles. The number of hydrogen-bond donors (Lipinski definition) is 3. The minimum absolute atomic E-state index is 0.0504. The van der Waals surface area contributed by atoms with Gasteiger partial charge in [0.2, 0.25) is 5.91 Å². The fourth-order valence-electron chi connectivity index (χ4n) is 2.98. The molecule has 0 radical (unpaired) electrons. The third-order valence-electron chi connectivity index (χ3n) is 5.00. The van der Waals surface area contributed by atoms with Crippen molar-refractivity contribution in [2.24, 2.45) is 0 Å². The van der Waals surface area contributed by atoms with Crippen molar-refractivity contribution in [3.8, 4) is 0 Å². The fourth-order valence-corrected chi connectivity index (χ4v) is 4.09. The highest BCUT2D eigenvalue weighted by molar-refractivity contribution is 7.92. The molecule has 7 nitrogen and oxygen atoms in total. The van der Waals surface area contributed by atoms with Gasteiger partial charge in [-0.15, -0.1) is 0 Å². The van der Waals surface area contributed by atoms with Crippen LogP contribution in [0.5, 0.6) is 0 Å². The molecule has 3 aromatic carbocycles. The van der Waals surface area contributed by atoms with Crippen LogP contribution in [0.25, 0.3) is 0 Å². The molecule has 2 amide bonds. The number of carbonyl (C=O) groups is 2. The SMILES string of the molecule is Cc1ccc(NS(=O)(=O)c2cccc(C(=O)NCC(=O)Nc3cccc(C)c3C)c2)cc1. The Hall–Kier alpha value is -3.65. The van der Waals surface area contributed by atoms with Crippen LogP contribution >= 0.6 is 0 Å². The Labute approximate surface area is 187 Å². The molecule has 0 atom stereocenters. The number of nitrogens with one attached hydrogen (secondary N) is 3. The first kappa shape index (κ1) is 23.0. The molecule has 0 heterocycles. The van der Waals surface area contributed by atoms with Crippen LogP contribution < -0.4 is 15.4 Å². The largest absolute Gasteiger partial charge is 0.343 e. The minimum Gasteiger partial charge on any atom is -0.343 e. The van der Waals surface area contributed by atoms with Gasteiger partial charge >= 0.3 is 0 Å². The number of carbonyl (C=O) groups excluding carboxylic acids is 2. The number of rotatable bonds is 7. The van der Waals surface area contributed by atoms with E-state index in [1.807, 2.05) is 32.9 Å². The zero-order valence-electron chi connectivity index (χ0n) is 18.1. The van der Waals surface area contributed by atoms with Crippen molar-refractivity contribution in [2.45, 2.75) is 25.7 Å². The number of benzene rings is 3. The third kappa shape index (κ3) is 5.73. The number of hydrogen-bond acceptors (Lipinski definition) is 4. The van der Waals surface area contributed by atoms with E-state index in [2.05, 4.69) is 15.4 Å². The van der Waals surface area contributed by atoms with Crippen molar-refractivity contribution in [2.75, 3.05) is 16.6 Å². The van der Waals surface area contributed by atoms with Gasteiger partial charge in [-0.25, -0.2) is 8.42 Å². The van der Waals surface area contributed by atoms with E-state index in [0.717, 1.165) is 16.7 Å². The summed E-state index contributed by atoms with van der Waals surface area (Å²) in [7, 11) is -3.87. The van der Waals surface area contributed by atoms with Crippen molar-refractivity contribution in [3.05, 3.63) is 89.0 Å². The zero-order valence-corrected chi connectivity index (χ0v) is 18.9. The van der Waals surface area contributed by atoms with Crippen LogP contribution in [0.2, 0.25) is 0 Å². The molecule has 0 bridgehead atoms. The van der Waals surface area contributed by atoms with Crippen LogP contribution in [0.15, 0.2) is 71.6 Å². The van der Waals surface area contributed by atoms with Crippen molar-refractivity contribution in [1.82, 2.24) is 5.32 Å². The topological polar surface area (TPSA) is 104 Å². The third-order valence-corrected chi connectivity index (χ3v) is 6.38. The molecule has 3 aromatic rings. The Kier molecular flexibility index (Phi) is 6.95. The summed E-state index contributed by atoms with van der Waals surface area (Å²) in [6, 6.07) is 18.1. The van der Waals surface area contributed by atoms with Gasteiger partial charge in [-0.05, 0) is 68.3 Å². The van der Waals surface area contributed by atoms with E-state index in [0.29, 0.717) is 11.4 Å². The van der Waals surface area contributed by atoms with Crippen molar-refractivity contribution >= 4 is 33.2 Å². The van der Waals surface area contributed by atoms with Crippen LogP contribution in [0.1, 0.15) is 27.0 Å². The van der Waals surface area contributed by atoms with Gasteiger partial charge in [0, 0.05) is 16.9 Å². The Morgan fingerprint density at radius 1 is 0.875 bits per heavy atom. The summed E-state index contributed by atoms with van der Waals surface area (Å²) < 4.78 is 27.9. The first-order valence-corrected chi connectivity index (χ1v) is 11.5. The average molecular weight is 452 g/mol. The van der Waals surface area contributed by atoms with Crippen molar-refractivity contribution in [3.63, 3.8) is 0 Å². The van der Waals surface area contributed by atoms with E-state index in [4.69, 9.17) is 0 Å². The lowest BCUT2D eigenvalue weighted by Gasteiger charge is -2.12. The number of anilines is 2. The standard InChI is InChI=1S/C24H25N3O4S/c1-16-10-12-20(13-11-16)27-32(30,31)21-8-5-7-19(14-21)24(29)25-15-23(28)26-22-9-4-6-17(2)18(22)3/h4-14,27H,15H2,1-3H3,(H,25,29)(H,26,28). The monoisotopic (exact) mass is 451 g/mol. The molecule has 32 heavy (non-hydrogen) atoms. The number of aryl methyl sites for hydroxylation is 2. The van der Waals surface area contributed by atoms with Gasteiger partial charge in [0.15, 0.2) is 0 Å². The molecule has 0 fully saturated rings. The molecule has 3 N–H and O–H groups in total. The number of sulfonamides is 1. The lowest BCUT2D eigenvalue weighted by atomic mass is 10.1. The predicted octanol–water partition coefficient (Wildman–Crippen LogP) is 3.78. The minimum atomic E-state index is -3.87. The van der Waals surface area contributed by atoms with E-state index in [-0.39, 0.29) is 22.9 Å². The van der Waals surface area contributed by atoms with Gasteiger partial charge < -0.3 is 10.6 Å². The van der Waals surface area contributed by atoms with Gasteiger partial charge in [0.05, 0.1) is 11.4 Å². The number of amides is 2. The molecule has 0 aliphatic carbocycles. The lowest BCUT2D eigenvalue weighted by Crippen LogP contribution is -2.33. The molecule has 0 aliphatic heterocycles. The Morgan fingerprint density at radius 3 is 2.28 bits per heavy atom. The van der Waals surface area contributed by atoms with E-state index in [9.17, 15) is 18.0 Å². The summed E-state index contributed by atoms with van der Waals surface area (Å²) in [6.07, 6.45) is 0. The van der Waals surface area contributed by atoms with Crippen LogP contribution in [-0.4, -0.2) is 26.8 Å². The highest BCUT2D eigenvalue weighted by Crippen LogP contribution is 2.19. The van der Waals surface area contributed by atoms with Crippen LogP contribution in [0.3, 0.4) is 0 Å². The molecule has 0 saturated heterocycles. The maximum atomic E-state index is 12.7. The lowest BCUT2D eigenvalue weighted by molar-refractivity contribution is -0.115. The van der Waals surface area contributed by atoms with Gasteiger partial charge in [-0.1, -0.05) is 35.9 Å². The van der Waals surface area contributed by atoms with Crippen LogP contribution in [0.4, 0.5) is 11.4 Å². The molecule has 3 rings (SSSR count). The molecule has 0 spiro atoms. The molecule has 0 aromatic heterocycles. The summed E-state index contributed by atoms with van der Waals surface area (Å²) in [6.45, 7) is 5.51. The van der Waals surface area contributed by atoms with Gasteiger partial charge in [-0.3, -0.25) is 14.3 Å². The molecule has 8 heteroatoms. The summed E-state index contributed by atoms with van der Waals surface area (Å²) in [4.78, 5) is 24.7. The van der Waals surface area contributed by atoms with Crippen molar-refractivity contribution in [1.29, 1.82) is 0 Å². The highest BCUT2D eigenvalue weighted by atomic mass is 32.2. The highest BCUT2D eigenvalue weighted by Gasteiger charge is 2.17. The van der Waals surface area contributed by atoms with Crippen LogP contribution in [-0.2, 0) is 14.8 Å². The maximum Gasteiger partial charge on any atom is 0.261 e. The van der Waals surface area contributed by atoms with Crippen molar-refractivity contribution < 1.29 is 18.0 Å². The Morgan fingerprint density at radius 2 is 1.56 bits per heavy atom. The summed E-state index contributed by atoms with van der Waals surface area (Å²) in [5, 5.41) is 5.29. The molecular formula is C24H25N3O4S. The van der Waals surface area contributed by atoms with Gasteiger partial charge in [0.25, 0.3) is 15.9 Å². The molecule has 166 valence electrons. The quantitative estimate of drug-likeness (QED) is 0.508. The van der Waals surface area contributed by atoms with E-state index < -0.39 is 15.9 Å². The van der Waals surface area contributed by atoms with E-state index in [1.54, 1.807) is 30.3 Å². The zero-order chi connectivity index (χ0) is 23.3. The Balaban J connectivity index is 1.65. The second kappa shape index (κ2) is 9.65. The van der Waals surface area contributed by atoms with Gasteiger partial charge in [0.1, 0.15) is 0 Å². The predicted molar refractivity (Wildman–Crippen MR) is 125 cm³/mol. The summed E-state index contributed by atoms with van der Waals surface area (Å²) in [5.41, 5.74) is 4.24. The van der Waals surface area contributed by atoms with E-state index in [1.165, 1.54) is 24.3 Å². The second-order valence-electron chi connectivity index (χ2n) is 7.48. The summed E-state index contributed by atoms with van der Waals surface area (Å²) >= 11 is 0. The normalized spacial score (nSPS) is 11.0. The molecular weight excluding hydrogens is 426 g/mol. The average Bonchev–Trinajstić information content (AvgIpc) is 2.77. The molecule has 0 unspecified atom stereocenters. The van der Waals surface area contributed by atoms with E-state index >= 15 is 0 Å². The first-order valence-electron chi connectivity index (χ1n) is 9.99.